The molecule has 1 aliphatic heterocycles. The van der Waals surface area contributed by atoms with Crippen LogP contribution in [0.2, 0.25) is 0 Å². The SMILES string of the molecule is C/C=C/C1CCON1C(=O)OC(C)(C)C. The summed E-state index contributed by atoms with van der Waals surface area (Å²) < 4.78 is 5.23. The average molecular weight is 213 g/mol. The maximum Gasteiger partial charge on any atom is 0.435 e. The van der Waals surface area contributed by atoms with Crippen molar-refractivity contribution in [2.24, 2.45) is 0 Å². The molecule has 0 saturated carbocycles. The first-order valence-corrected chi connectivity index (χ1v) is 5.22. The molecule has 0 N–H and O–H groups in total. The lowest BCUT2D eigenvalue weighted by Crippen LogP contribution is -2.38. The molecule has 1 saturated heterocycles. The van der Waals surface area contributed by atoms with Gasteiger partial charge in [0.25, 0.3) is 0 Å². The lowest BCUT2D eigenvalue weighted by molar-refractivity contribution is -0.117. The quantitative estimate of drug-likeness (QED) is 0.628. The smallest absolute Gasteiger partial charge is 0.435 e. The van der Waals surface area contributed by atoms with Gasteiger partial charge in [-0.15, -0.1) is 0 Å². The van der Waals surface area contributed by atoms with E-state index in [1.54, 1.807) is 0 Å². The molecule has 4 heteroatoms. The van der Waals surface area contributed by atoms with Gasteiger partial charge in [0.05, 0.1) is 12.6 Å². The maximum absolute atomic E-state index is 11.7. The Kier molecular flexibility index (Phi) is 3.74. The third kappa shape index (κ3) is 3.55. The number of amides is 1. The van der Waals surface area contributed by atoms with Gasteiger partial charge in [0.2, 0.25) is 0 Å². The largest absolute Gasteiger partial charge is 0.442 e. The molecule has 1 aliphatic rings. The van der Waals surface area contributed by atoms with Crippen molar-refractivity contribution in [1.82, 2.24) is 5.06 Å². The zero-order valence-electron chi connectivity index (χ0n) is 9.82. The molecule has 0 radical (unpaired) electrons. The van der Waals surface area contributed by atoms with Crippen molar-refractivity contribution in [2.45, 2.75) is 45.8 Å². The highest BCUT2D eigenvalue weighted by atomic mass is 16.7. The molecule has 1 rings (SSSR count). The van der Waals surface area contributed by atoms with Crippen LogP contribution in [0, 0.1) is 0 Å². The van der Waals surface area contributed by atoms with Crippen LogP contribution >= 0.6 is 0 Å². The predicted molar refractivity (Wildman–Crippen MR) is 57.2 cm³/mol. The minimum Gasteiger partial charge on any atom is -0.442 e. The Morgan fingerprint density at radius 3 is 2.73 bits per heavy atom. The van der Waals surface area contributed by atoms with E-state index in [2.05, 4.69) is 0 Å². The number of allylic oxidation sites excluding steroid dienone is 1. The fourth-order valence-electron chi connectivity index (χ4n) is 1.38. The van der Waals surface area contributed by atoms with Crippen molar-refractivity contribution in [2.75, 3.05) is 6.61 Å². The molecule has 0 aliphatic carbocycles. The van der Waals surface area contributed by atoms with Crippen LogP contribution in [0.1, 0.15) is 34.1 Å². The Labute approximate surface area is 90.8 Å². The Morgan fingerprint density at radius 1 is 1.53 bits per heavy atom. The molecular weight excluding hydrogens is 194 g/mol. The molecule has 86 valence electrons. The van der Waals surface area contributed by atoms with E-state index in [1.807, 2.05) is 39.8 Å². The van der Waals surface area contributed by atoms with E-state index < -0.39 is 11.7 Å². The van der Waals surface area contributed by atoms with E-state index in [4.69, 9.17) is 9.57 Å². The van der Waals surface area contributed by atoms with Crippen LogP contribution in [-0.2, 0) is 9.57 Å². The third-order valence-corrected chi connectivity index (χ3v) is 1.93. The van der Waals surface area contributed by atoms with Crippen LogP contribution in [0.3, 0.4) is 0 Å². The van der Waals surface area contributed by atoms with Crippen LogP contribution in [0.25, 0.3) is 0 Å². The molecule has 15 heavy (non-hydrogen) atoms. The summed E-state index contributed by atoms with van der Waals surface area (Å²) in [5, 5.41) is 1.31. The van der Waals surface area contributed by atoms with Gasteiger partial charge in [0.1, 0.15) is 5.60 Å². The maximum atomic E-state index is 11.7. The van der Waals surface area contributed by atoms with Crippen LogP contribution in [0.15, 0.2) is 12.2 Å². The van der Waals surface area contributed by atoms with E-state index in [-0.39, 0.29) is 6.04 Å². The Bertz CT molecular complexity index is 255. The van der Waals surface area contributed by atoms with Crippen molar-refractivity contribution in [3.05, 3.63) is 12.2 Å². The molecule has 1 amide bonds. The molecule has 0 bridgehead atoms. The molecule has 1 heterocycles. The van der Waals surface area contributed by atoms with E-state index >= 15 is 0 Å². The minimum atomic E-state index is -0.483. The van der Waals surface area contributed by atoms with Gasteiger partial charge in [0, 0.05) is 0 Å². The molecule has 0 aromatic carbocycles. The Morgan fingerprint density at radius 2 is 2.20 bits per heavy atom. The average Bonchev–Trinajstić information content (AvgIpc) is 2.49. The molecule has 0 aromatic rings. The molecule has 1 fully saturated rings. The van der Waals surface area contributed by atoms with Crippen LogP contribution < -0.4 is 0 Å². The molecule has 1 unspecified atom stereocenters. The van der Waals surface area contributed by atoms with Crippen molar-refractivity contribution >= 4 is 6.09 Å². The second-order valence-corrected chi connectivity index (χ2v) is 4.52. The molecule has 0 spiro atoms. The molecule has 4 nitrogen and oxygen atoms in total. The number of nitrogens with zero attached hydrogens (tertiary/aromatic N) is 1. The van der Waals surface area contributed by atoms with Crippen molar-refractivity contribution in [3.8, 4) is 0 Å². The summed E-state index contributed by atoms with van der Waals surface area (Å²) in [4.78, 5) is 16.9. The van der Waals surface area contributed by atoms with Crippen LogP contribution in [0.4, 0.5) is 4.79 Å². The van der Waals surface area contributed by atoms with Gasteiger partial charge >= 0.3 is 6.09 Å². The summed E-state index contributed by atoms with van der Waals surface area (Å²) in [7, 11) is 0. The first-order valence-electron chi connectivity index (χ1n) is 5.22. The topological polar surface area (TPSA) is 38.8 Å². The number of carbonyl (C=O) groups is 1. The van der Waals surface area contributed by atoms with Crippen molar-refractivity contribution < 1.29 is 14.4 Å². The highest BCUT2D eigenvalue weighted by Gasteiger charge is 2.32. The van der Waals surface area contributed by atoms with Gasteiger partial charge in [-0.25, -0.2) is 4.79 Å². The van der Waals surface area contributed by atoms with Crippen molar-refractivity contribution in [3.63, 3.8) is 0 Å². The zero-order chi connectivity index (χ0) is 11.5. The van der Waals surface area contributed by atoms with E-state index in [1.165, 1.54) is 5.06 Å². The van der Waals surface area contributed by atoms with Gasteiger partial charge in [0.15, 0.2) is 0 Å². The van der Waals surface area contributed by atoms with E-state index in [0.717, 1.165) is 6.42 Å². The second-order valence-electron chi connectivity index (χ2n) is 4.52. The summed E-state index contributed by atoms with van der Waals surface area (Å²) in [6.07, 6.45) is 4.26. The van der Waals surface area contributed by atoms with Gasteiger partial charge in [-0.1, -0.05) is 12.2 Å². The first kappa shape index (κ1) is 12.0. The lowest BCUT2D eigenvalue weighted by Gasteiger charge is -2.25. The number of hydrogen-bond acceptors (Lipinski definition) is 3. The standard InChI is InChI=1S/C11H19NO3/c1-5-6-9-7-8-14-12(9)10(13)15-11(2,3)4/h5-6,9H,7-8H2,1-4H3/b6-5+. The number of hydrogen-bond donors (Lipinski definition) is 0. The summed E-state index contributed by atoms with van der Waals surface area (Å²) in [6.45, 7) is 8.00. The highest BCUT2D eigenvalue weighted by Crippen LogP contribution is 2.19. The van der Waals surface area contributed by atoms with Gasteiger partial charge in [-0.3, -0.25) is 4.84 Å². The Hall–Kier alpha value is -1.03. The van der Waals surface area contributed by atoms with Gasteiger partial charge < -0.3 is 4.74 Å². The number of ether oxygens (including phenoxy) is 1. The third-order valence-electron chi connectivity index (χ3n) is 1.93. The predicted octanol–water partition coefficient (Wildman–Crippen LogP) is 2.50. The highest BCUT2D eigenvalue weighted by molar-refractivity contribution is 5.67. The second kappa shape index (κ2) is 4.66. The van der Waals surface area contributed by atoms with Crippen LogP contribution in [-0.4, -0.2) is 29.4 Å². The summed E-state index contributed by atoms with van der Waals surface area (Å²) in [5.41, 5.74) is -0.483. The summed E-state index contributed by atoms with van der Waals surface area (Å²) in [5.74, 6) is 0. The van der Waals surface area contributed by atoms with Gasteiger partial charge in [-0.2, -0.15) is 5.06 Å². The normalized spacial score (nSPS) is 22.4. The number of rotatable bonds is 1. The number of carbonyl (C=O) groups excluding carboxylic acids is 1. The summed E-state index contributed by atoms with van der Waals surface area (Å²) >= 11 is 0. The fraction of sp³-hybridized carbons (Fsp3) is 0.727. The molecular formula is C11H19NO3. The summed E-state index contributed by atoms with van der Waals surface area (Å²) in [6, 6.07) is 0.00449. The lowest BCUT2D eigenvalue weighted by atomic mass is 10.2. The van der Waals surface area contributed by atoms with E-state index in [9.17, 15) is 4.79 Å². The Balaban J connectivity index is 2.59. The van der Waals surface area contributed by atoms with Crippen molar-refractivity contribution in [1.29, 1.82) is 0 Å². The zero-order valence-corrected chi connectivity index (χ0v) is 9.82. The first-order chi connectivity index (χ1) is 6.94. The molecule has 0 aromatic heterocycles. The van der Waals surface area contributed by atoms with Gasteiger partial charge in [-0.05, 0) is 34.1 Å². The van der Waals surface area contributed by atoms with E-state index in [0.29, 0.717) is 6.61 Å². The fourth-order valence-corrected chi connectivity index (χ4v) is 1.38. The molecule has 1 atom stereocenters. The minimum absolute atomic E-state index is 0.00449. The monoisotopic (exact) mass is 213 g/mol. The number of hydroxylamine groups is 2. The van der Waals surface area contributed by atoms with Crippen LogP contribution in [0.5, 0.6) is 0 Å².